The molecule has 0 spiro atoms. The molecule has 0 unspecified atom stereocenters. The first-order chi connectivity index (χ1) is 7.15. The Kier molecular flexibility index (Phi) is 5.07. The maximum Gasteiger partial charge on any atom is 0.410 e. The second-order valence-corrected chi connectivity index (χ2v) is 4.27. The van der Waals surface area contributed by atoms with Crippen molar-refractivity contribution in [1.82, 2.24) is 4.90 Å². The van der Waals surface area contributed by atoms with E-state index >= 15 is 0 Å². The predicted octanol–water partition coefficient (Wildman–Crippen LogP) is 1.34. The fourth-order valence-corrected chi connectivity index (χ4v) is 1.54. The first-order valence-electron chi connectivity index (χ1n) is 4.48. The van der Waals surface area contributed by atoms with E-state index in [2.05, 4.69) is 22.5 Å². The van der Waals surface area contributed by atoms with E-state index in [1.54, 1.807) is 12.0 Å². The summed E-state index contributed by atoms with van der Waals surface area (Å²) in [6, 6.07) is -0.0676. The summed E-state index contributed by atoms with van der Waals surface area (Å²) in [4.78, 5) is 12.9. The lowest BCUT2D eigenvalue weighted by molar-refractivity contribution is -0.0438. The lowest BCUT2D eigenvalue weighted by Crippen LogP contribution is -2.37. The molecule has 0 saturated carbocycles. The number of amides is 1. The van der Waals surface area contributed by atoms with Gasteiger partial charge in [0.2, 0.25) is 0 Å². The van der Waals surface area contributed by atoms with Crippen molar-refractivity contribution in [3.63, 3.8) is 0 Å². The SMILES string of the molecule is C=C(Br)CN1C(=O)OC[C@@H]1COCOC. The molecule has 1 fully saturated rings. The predicted molar refractivity (Wildman–Crippen MR) is 57.7 cm³/mol. The zero-order valence-electron chi connectivity index (χ0n) is 8.57. The monoisotopic (exact) mass is 279 g/mol. The summed E-state index contributed by atoms with van der Waals surface area (Å²) in [5.74, 6) is 0. The third-order valence-electron chi connectivity index (χ3n) is 1.93. The molecule has 0 radical (unpaired) electrons. The largest absolute Gasteiger partial charge is 0.447 e. The van der Waals surface area contributed by atoms with Gasteiger partial charge in [0.1, 0.15) is 13.4 Å². The third kappa shape index (κ3) is 3.81. The highest BCUT2D eigenvalue weighted by Crippen LogP contribution is 2.16. The highest BCUT2D eigenvalue weighted by atomic mass is 79.9. The molecule has 0 aromatic heterocycles. The van der Waals surface area contributed by atoms with Gasteiger partial charge in [-0.15, -0.1) is 0 Å². The zero-order chi connectivity index (χ0) is 11.3. The molecule has 86 valence electrons. The molecule has 5 nitrogen and oxygen atoms in total. The molecule has 1 amide bonds. The van der Waals surface area contributed by atoms with Crippen molar-refractivity contribution in [2.24, 2.45) is 0 Å². The summed E-state index contributed by atoms with van der Waals surface area (Å²) >= 11 is 3.21. The Morgan fingerprint density at radius 1 is 1.80 bits per heavy atom. The van der Waals surface area contributed by atoms with E-state index < -0.39 is 0 Å². The molecule has 6 heteroatoms. The van der Waals surface area contributed by atoms with E-state index in [0.717, 1.165) is 4.48 Å². The van der Waals surface area contributed by atoms with E-state index in [1.807, 2.05) is 0 Å². The van der Waals surface area contributed by atoms with Crippen LogP contribution in [0.1, 0.15) is 0 Å². The van der Waals surface area contributed by atoms with Crippen molar-refractivity contribution in [2.75, 3.05) is 33.7 Å². The molecule has 1 aliphatic rings. The minimum Gasteiger partial charge on any atom is -0.447 e. The van der Waals surface area contributed by atoms with Gasteiger partial charge in [-0.2, -0.15) is 0 Å². The quantitative estimate of drug-likeness (QED) is 0.544. The van der Waals surface area contributed by atoms with Crippen molar-refractivity contribution in [3.8, 4) is 0 Å². The van der Waals surface area contributed by atoms with Crippen LogP contribution >= 0.6 is 15.9 Å². The van der Waals surface area contributed by atoms with Crippen LogP contribution in [0.2, 0.25) is 0 Å². The Morgan fingerprint density at radius 3 is 3.13 bits per heavy atom. The van der Waals surface area contributed by atoms with Gasteiger partial charge in [-0.05, 0) is 0 Å². The van der Waals surface area contributed by atoms with Gasteiger partial charge >= 0.3 is 6.09 Å². The molecule has 15 heavy (non-hydrogen) atoms. The minimum atomic E-state index is -0.332. The highest BCUT2D eigenvalue weighted by Gasteiger charge is 2.32. The Labute approximate surface area is 97.1 Å². The summed E-state index contributed by atoms with van der Waals surface area (Å²) in [7, 11) is 1.55. The van der Waals surface area contributed by atoms with Crippen LogP contribution in [-0.4, -0.2) is 50.7 Å². The number of halogens is 1. The topological polar surface area (TPSA) is 48.0 Å². The second-order valence-electron chi connectivity index (χ2n) is 3.15. The minimum absolute atomic E-state index is 0.0676. The van der Waals surface area contributed by atoms with Gasteiger partial charge < -0.3 is 14.2 Å². The van der Waals surface area contributed by atoms with Crippen molar-refractivity contribution < 1.29 is 19.0 Å². The molecule has 1 saturated heterocycles. The Balaban J connectivity index is 2.41. The number of ether oxygens (including phenoxy) is 3. The van der Waals surface area contributed by atoms with Crippen LogP contribution in [0, 0.1) is 0 Å². The van der Waals surface area contributed by atoms with Gasteiger partial charge in [0.05, 0.1) is 19.2 Å². The molecule has 0 aliphatic carbocycles. The molecule has 1 aliphatic heterocycles. The van der Waals surface area contributed by atoms with E-state index in [9.17, 15) is 4.79 Å². The molecule has 0 bridgehead atoms. The molecule has 1 heterocycles. The summed E-state index contributed by atoms with van der Waals surface area (Å²) < 4.78 is 15.6. The Hall–Kier alpha value is -0.590. The highest BCUT2D eigenvalue weighted by molar-refractivity contribution is 9.11. The first-order valence-corrected chi connectivity index (χ1v) is 5.27. The molecular formula is C9H14BrNO4. The zero-order valence-corrected chi connectivity index (χ0v) is 10.2. The van der Waals surface area contributed by atoms with Crippen molar-refractivity contribution >= 4 is 22.0 Å². The van der Waals surface area contributed by atoms with Gasteiger partial charge in [0, 0.05) is 11.6 Å². The second kappa shape index (κ2) is 6.09. The fourth-order valence-electron chi connectivity index (χ4n) is 1.27. The van der Waals surface area contributed by atoms with Crippen LogP contribution in [0.3, 0.4) is 0 Å². The number of methoxy groups -OCH3 is 1. The van der Waals surface area contributed by atoms with Crippen LogP contribution in [0.25, 0.3) is 0 Å². The normalized spacial score (nSPS) is 20.5. The number of carbonyl (C=O) groups is 1. The number of rotatable bonds is 6. The Bertz CT molecular complexity index is 246. The maximum absolute atomic E-state index is 11.3. The fraction of sp³-hybridized carbons (Fsp3) is 0.667. The van der Waals surface area contributed by atoms with Gasteiger partial charge in [0.25, 0.3) is 0 Å². The smallest absolute Gasteiger partial charge is 0.410 e. The maximum atomic E-state index is 11.3. The number of cyclic esters (lactones) is 1. The summed E-state index contributed by atoms with van der Waals surface area (Å²) in [6.45, 7) is 5.08. The molecule has 1 rings (SSSR count). The van der Waals surface area contributed by atoms with E-state index in [-0.39, 0.29) is 18.9 Å². The van der Waals surface area contributed by atoms with Crippen molar-refractivity contribution in [1.29, 1.82) is 0 Å². The van der Waals surface area contributed by atoms with Crippen LogP contribution in [0.15, 0.2) is 11.1 Å². The number of hydrogen-bond donors (Lipinski definition) is 0. The van der Waals surface area contributed by atoms with Gasteiger partial charge in [-0.3, -0.25) is 4.90 Å². The van der Waals surface area contributed by atoms with Crippen LogP contribution < -0.4 is 0 Å². The first kappa shape index (κ1) is 12.5. The van der Waals surface area contributed by atoms with Gasteiger partial charge in [-0.25, -0.2) is 4.79 Å². The number of carbonyl (C=O) groups excluding carboxylic acids is 1. The molecule has 0 aromatic carbocycles. The van der Waals surface area contributed by atoms with Crippen LogP contribution in [0.4, 0.5) is 4.79 Å². The molecule has 0 aromatic rings. The number of nitrogens with zero attached hydrogens (tertiary/aromatic N) is 1. The summed E-state index contributed by atoms with van der Waals surface area (Å²) in [5, 5.41) is 0. The molecule has 0 N–H and O–H groups in total. The average molecular weight is 280 g/mol. The number of hydrogen-bond acceptors (Lipinski definition) is 4. The third-order valence-corrected chi connectivity index (χ3v) is 2.18. The molecule has 1 atom stereocenters. The van der Waals surface area contributed by atoms with Crippen LogP contribution in [0.5, 0.6) is 0 Å². The van der Waals surface area contributed by atoms with Gasteiger partial charge in [0.15, 0.2) is 0 Å². The lowest BCUT2D eigenvalue weighted by Gasteiger charge is -2.20. The van der Waals surface area contributed by atoms with Crippen molar-refractivity contribution in [2.45, 2.75) is 6.04 Å². The van der Waals surface area contributed by atoms with E-state index in [0.29, 0.717) is 19.8 Å². The summed E-state index contributed by atoms with van der Waals surface area (Å²) in [5.41, 5.74) is 0. The Morgan fingerprint density at radius 2 is 2.53 bits per heavy atom. The van der Waals surface area contributed by atoms with E-state index in [4.69, 9.17) is 14.2 Å². The van der Waals surface area contributed by atoms with E-state index in [1.165, 1.54) is 0 Å². The lowest BCUT2D eigenvalue weighted by atomic mass is 10.3. The average Bonchev–Trinajstić information content (AvgIpc) is 2.49. The summed E-state index contributed by atoms with van der Waals surface area (Å²) in [6.07, 6.45) is -0.332. The van der Waals surface area contributed by atoms with Gasteiger partial charge in [-0.1, -0.05) is 22.5 Å². The standard InChI is InChI=1S/C9H14BrNO4/c1-7(10)3-11-8(4-14-6-13-2)5-15-9(11)12/h8H,1,3-6H2,2H3/t8-/m0/s1. The van der Waals surface area contributed by atoms with Crippen molar-refractivity contribution in [3.05, 3.63) is 11.1 Å². The van der Waals surface area contributed by atoms with Crippen LogP contribution in [-0.2, 0) is 14.2 Å². The molecular weight excluding hydrogens is 266 g/mol.